The fourth-order valence-corrected chi connectivity index (χ4v) is 2.42. The molecule has 1 rings (SSSR count). The third-order valence-electron chi connectivity index (χ3n) is 2.09. The van der Waals surface area contributed by atoms with Crippen molar-refractivity contribution < 1.29 is 0 Å². The second-order valence-corrected chi connectivity index (χ2v) is 5.13. The molecule has 0 aliphatic rings. The zero-order valence-corrected chi connectivity index (χ0v) is 14.2. The Balaban J connectivity index is 0.00000256. The van der Waals surface area contributed by atoms with E-state index < -0.39 is 0 Å². The third kappa shape index (κ3) is 5.38. The zero-order chi connectivity index (χ0) is 12.0. The Morgan fingerprint density at radius 1 is 1.41 bits per heavy atom. The summed E-state index contributed by atoms with van der Waals surface area (Å²) < 4.78 is 0.964. The van der Waals surface area contributed by atoms with E-state index in [1.807, 2.05) is 11.2 Å². The molecule has 0 aromatic carbocycles. The van der Waals surface area contributed by atoms with Gasteiger partial charge >= 0.3 is 0 Å². The van der Waals surface area contributed by atoms with Crippen molar-refractivity contribution in [3.63, 3.8) is 0 Å². The smallest absolute Gasteiger partial charge is 0.191 e. The van der Waals surface area contributed by atoms with Crippen LogP contribution in [0.1, 0.15) is 18.9 Å². The fourth-order valence-electron chi connectivity index (χ4n) is 1.18. The zero-order valence-electron chi connectivity index (χ0n) is 10.2. The van der Waals surface area contributed by atoms with Crippen molar-refractivity contribution in [3.05, 3.63) is 5.01 Å². The first kappa shape index (κ1) is 16.9. The number of nitrogens with zero attached hydrogens (tertiary/aromatic N) is 4. The molecule has 1 heterocycles. The number of guanidine groups is 1. The molecule has 0 unspecified atom stereocenters. The highest BCUT2D eigenvalue weighted by Gasteiger charge is 2.04. The van der Waals surface area contributed by atoms with E-state index in [4.69, 9.17) is 5.73 Å². The molecule has 0 radical (unpaired) electrons. The van der Waals surface area contributed by atoms with Gasteiger partial charge in [0.05, 0.1) is 6.54 Å². The van der Waals surface area contributed by atoms with Gasteiger partial charge in [0.15, 0.2) is 10.3 Å². The Labute approximate surface area is 127 Å². The number of hydrogen-bond donors (Lipinski definition) is 1. The first-order valence-electron chi connectivity index (χ1n) is 5.12. The molecule has 0 bridgehead atoms. The predicted octanol–water partition coefficient (Wildman–Crippen LogP) is 2.03. The molecule has 0 spiro atoms. The lowest BCUT2D eigenvalue weighted by molar-refractivity contribution is 0.458. The van der Waals surface area contributed by atoms with E-state index in [1.54, 1.807) is 23.1 Å². The third-order valence-corrected chi connectivity index (χ3v) is 3.97. The van der Waals surface area contributed by atoms with Gasteiger partial charge in [-0.25, -0.2) is 4.99 Å². The maximum absolute atomic E-state index is 5.85. The van der Waals surface area contributed by atoms with Crippen LogP contribution in [0.4, 0.5) is 0 Å². The fraction of sp³-hybridized carbons (Fsp3) is 0.667. The first-order valence-corrected chi connectivity index (χ1v) is 7.16. The summed E-state index contributed by atoms with van der Waals surface area (Å²) in [7, 11) is 0. The average molecular weight is 387 g/mol. The summed E-state index contributed by atoms with van der Waals surface area (Å²) in [4.78, 5) is 6.31. The minimum absolute atomic E-state index is 0. The van der Waals surface area contributed by atoms with Crippen LogP contribution < -0.4 is 5.73 Å². The minimum atomic E-state index is 0. The molecule has 0 atom stereocenters. The van der Waals surface area contributed by atoms with Gasteiger partial charge in [0, 0.05) is 13.1 Å². The lowest BCUT2D eigenvalue weighted by Gasteiger charge is -2.18. The lowest BCUT2D eigenvalue weighted by atomic mass is 10.5. The van der Waals surface area contributed by atoms with Gasteiger partial charge in [-0.1, -0.05) is 23.1 Å². The van der Waals surface area contributed by atoms with E-state index in [9.17, 15) is 0 Å². The number of aromatic nitrogens is 2. The van der Waals surface area contributed by atoms with Gasteiger partial charge in [-0.15, -0.1) is 34.2 Å². The summed E-state index contributed by atoms with van der Waals surface area (Å²) in [5.41, 5.74) is 5.85. The van der Waals surface area contributed by atoms with Crippen LogP contribution in [0.2, 0.25) is 0 Å². The molecular formula is C9H18IN5S2. The van der Waals surface area contributed by atoms with E-state index in [2.05, 4.69) is 29.0 Å². The van der Waals surface area contributed by atoms with Crippen LogP contribution in [0.25, 0.3) is 0 Å². The van der Waals surface area contributed by atoms with Gasteiger partial charge in [-0.3, -0.25) is 0 Å². The second kappa shape index (κ2) is 8.92. The van der Waals surface area contributed by atoms with Crippen molar-refractivity contribution in [3.8, 4) is 0 Å². The summed E-state index contributed by atoms with van der Waals surface area (Å²) in [6, 6.07) is 0. The normalized spacial score (nSPS) is 11.1. The SMILES string of the molecule is CCN(CC)C(N)=NCc1nnc(SC)s1.I. The van der Waals surface area contributed by atoms with Crippen LogP contribution in [-0.2, 0) is 6.54 Å². The summed E-state index contributed by atoms with van der Waals surface area (Å²) in [5.74, 6) is 0.575. The second-order valence-electron chi connectivity index (χ2n) is 3.01. The molecule has 0 fully saturated rings. The molecule has 5 nitrogen and oxygen atoms in total. The molecule has 17 heavy (non-hydrogen) atoms. The highest BCUT2D eigenvalue weighted by molar-refractivity contribution is 14.0. The quantitative estimate of drug-likeness (QED) is 0.363. The van der Waals surface area contributed by atoms with Gasteiger partial charge in [0.2, 0.25) is 0 Å². The Kier molecular flexibility index (Phi) is 8.88. The van der Waals surface area contributed by atoms with E-state index in [1.165, 1.54) is 0 Å². The first-order chi connectivity index (χ1) is 7.71. The number of rotatable bonds is 5. The number of nitrogens with two attached hydrogens (primary N) is 1. The van der Waals surface area contributed by atoms with E-state index in [-0.39, 0.29) is 24.0 Å². The molecule has 0 amide bonds. The molecular weight excluding hydrogens is 369 g/mol. The van der Waals surface area contributed by atoms with Gasteiger partial charge in [-0.05, 0) is 20.1 Å². The molecule has 2 N–H and O–H groups in total. The number of halogens is 1. The topological polar surface area (TPSA) is 67.4 Å². The van der Waals surface area contributed by atoms with Gasteiger partial charge < -0.3 is 10.6 Å². The Hall–Kier alpha value is -0.0900. The average Bonchev–Trinajstić information content (AvgIpc) is 2.76. The van der Waals surface area contributed by atoms with Gasteiger partial charge in [0.25, 0.3) is 0 Å². The van der Waals surface area contributed by atoms with E-state index in [0.717, 1.165) is 22.4 Å². The minimum Gasteiger partial charge on any atom is -0.370 e. The maximum Gasteiger partial charge on any atom is 0.191 e. The largest absolute Gasteiger partial charge is 0.370 e. The summed E-state index contributed by atoms with van der Waals surface area (Å²) in [5, 5.41) is 8.94. The predicted molar refractivity (Wildman–Crippen MR) is 85.4 cm³/mol. The Bertz CT molecular complexity index is 351. The Morgan fingerprint density at radius 3 is 2.53 bits per heavy atom. The van der Waals surface area contributed by atoms with Crippen molar-refractivity contribution >= 4 is 53.0 Å². The van der Waals surface area contributed by atoms with Crippen molar-refractivity contribution in [2.24, 2.45) is 10.7 Å². The van der Waals surface area contributed by atoms with Crippen LogP contribution in [0.5, 0.6) is 0 Å². The lowest BCUT2D eigenvalue weighted by Crippen LogP contribution is -2.37. The van der Waals surface area contributed by atoms with Crippen LogP contribution >= 0.6 is 47.1 Å². The molecule has 1 aromatic rings. The molecule has 0 saturated carbocycles. The Morgan fingerprint density at radius 2 is 2.06 bits per heavy atom. The maximum atomic E-state index is 5.85. The number of thioether (sulfide) groups is 1. The van der Waals surface area contributed by atoms with Crippen molar-refractivity contribution in [1.82, 2.24) is 15.1 Å². The molecule has 0 saturated heterocycles. The summed E-state index contributed by atoms with van der Waals surface area (Å²) >= 11 is 3.16. The van der Waals surface area contributed by atoms with E-state index in [0.29, 0.717) is 12.5 Å². The van der Waals surface area contributed by atoms with Gasteiger partial charge in [-0.2, -0.15) is 0 Å². The van der Waals surface area contributed by atoms with Crippen molar-refractivity contribution in [2.45, 2.75) is 24.7 Å². The standard InChI is InChI=1S/C9H17N5S2.HI/c1-4-14(5-2)8(10)11-6-7-12-13-9(15-3)16-7;/h4-6H2,1-3H3,(H2,10,11);1H. The van der Waals surface area contributed by atoms with Crippen molar-refractivity contribution in [1.29, 1.82) is 0 Å². The monoisotopic (exact) mass is 387 g/mol. The van der Waals surface area contributed by atoms with Crippen LogP contribution in [-0.4, -0.2) is 40.4 Å². The van der Waals surface area contributed by atoms with Crippen LogP contribution in [0.15, 0.2) is 9.33 Å². The highest BCUT2D eigenvalue weighted by Crippen LogP contribution is 2.19. The molecule has 1 aromatic heterocycles. The molecule has 0 aliphatic carbocycles. The van der Waals surface area contributed by atoms with E-state index >= 15 is 0 Å². The molecule has 8 heteroatoms. The molecule has 0 aliphatic heterocycles. The number of aliphatic imine (C=N–C) groups is 1. The highest BCUT2D eigenvalue weighted by atomic mass is 127. The summed E-state index contributed by atoms with van der Waals surface area (Å²) in [6.07, 6.45) is 1.98. The van der Waals surface area contributed by atoms with Crippen LogP contribution in [0, 0.1) is 0 Å². The molecule has 98 valence electrons. The van der Waals surface area contributed by atoms with Crippen LogP contribution in [0.3, 0.4) is 0 Å². The van der Waals surface area contributed by atoms with Gasteiger partial charge in [0.1, 0.15) is 5.01 Å². The number of hydrogen-bond acceptors (Lipinski definition) is 5. The summed E-state index contributed by atoms with van der Waals surface area (Å²) in [6.45, 7) is 6.38. The van der Waals surface area contributed by atoms with Crippen molar-refractivity contribution in [2.75, 3.05) is 19.3 Å².